The number of ether oxygens (including phenoxy) is 2. The molecular weight excluding hydrogens is 268 g/mol. The zero-order valence-electron chi connectivity index (χ0n) is 12.8. The molecule has 1 aliphatic heterocycles. The Morgan fingerprint density at radius 3 is 2.62 bits per heavy atom. The topological polar surface area (TPSA) is 64.8 Å². The Bertz CT molecular complexity index is 482. The fourth-order valence-corrected chi connectivity index (χ4v) is 2.70. The molecule has 0 spiro atoms. The molecule has 2 rings (SSSR count). The average molecular weight is 292 g/mol. The van der Waals surface area contributed by atoms with Crippen LogP contribution < -0.4 is 10.6 Å². The first-order chi connectivity index (χ1) is 10.2. The van der Waals surface area contributed by atoms with Crippen LogP contribution in [-0.2, 0) is 9.47 Å². The Morgan fingerprint density at radius 1 is 1.29 bits per heavy atom. The molecule has 1 aliphatic rings. The van der Waals surface area contributed by atoms with Gasteiger partial charge in [-0.15, -0.1) is 0 Å². The van der Waals surface area contributed by atoms with Crippen LogP contribution in [0.3, 0.4) is 0 Å². The number of rotatable bonds is 5. The third kappa shape index (κ3) is 3.88. The van der Waals surface area contributed by atoms with Crippen molar-refractivity contribution in [2.75, 3.05) is 36.9 Å². The van der Waals surface area contributed by atoms with E-state index in [0.717, 1.165) is 38.2 Å². The van der Waals surface area contributed by atoms with Crippen LogP contribution in [0.1, 0.15) is 37.0 Å². The molecule has 1 saturated heterocycles. The van der Waals surface area contributed by atoms with Crippen molar-refractivity contribution in [1.82, 2.24) is 0 Å². The lowest BCUT2D eigenvalue weighted by Crippen LogP contribution is -2.37. The van der Waals surface area contributed by atoms with Crippen LogP contribution in [0.25, 0.3) is 0 Å². The van der Waals surface area contributed by atoms with Crippen LogP contribution in [0.5, 0.6) is 0 Å². The quantitative estimate of drug-likeness (QED) is 0.667. The molecule has 0 atom stereocenters. The lowest BCUT2D eigenvalue weighted by Gasteiger charge is -2.34. The van der Waals surface area contributed by atoms with Crippen molar-refractivity contribution < 1.29 is 14.3 Å². The lowest BCUT2D eigenvalue weighted by molar-refractivity contribution is 0.0458. The molecule has 2 N–H and O–H groups in total. The highest BCUT2D eigenvalue weighted by Crippen LogP contribution is 2.27. The van der Waals surface area contributed by atoms with Gasteiger partial charge in [0.2, 0.25) is 0 Å². The summed E-state index contributed by atoms with van der Waals surface area (Å²) in [5, 5.41) is 0. The van der Waals surface area contributed by atoms with Gasteiger partial charge < -0.3 is 20.1 Å². The Hall–Kier alpha value is -1.75. The summed E-state index contributed by atoms with van der Waals surface area (Å²) in [6.07, 6.45) is 2.27. The molecule has 0 unspecified atom stereocenters. The molecule has 0 saturated carbocycles. The minimum atomic E-state index is -0.313. The number of nitrogen functional groups attached to an aromatic ring is 1. The van der Waals surface area contributed by atoms with E-state index >= 15 is 0 Å². The molecule has 0 aliphatic carbocycles. The van der Waals surface area contributed by atoms with E-state index in [-0.39, 0.29) is 5.97 Å². The molecule has 5 heteroatoms. The van der Waals surface area contributed by atoms with Crippen molar-refractivity contribution in [3.05, 3.63) is 23.8 Å². The van der Waals surface area contributed by atoms with Gasteiger partial charge >= 0.3 is 5.97 Å². The van der Waals surface area contributed by atoms with E-state index in [1.165, 1.54) is 0 Å². The largest absolute Gasteiger partial charge is 0.462 e. The summed E-state index contributed by atoms with van der Waals surface area (Å²) in [5.74, 6) is -0.313. The fourth-order valence-electron chi connectivity index (χ4n) is 2.70. The Labute approximate surface area is 126 Å². The van der Waals surface area contributed by atoms with Crippen molar-refractivity contribution in [2.45, 2.75) is 32.8 Å². The van der Waals surface area contributed by atoms with Crippen LogP contribution in [-0.4, -0.2) is 38.4 Å². The zero-order valence-corrected chi connectivity index (χ0v) is 12.8. The molecule has 0 bridgehead atoms. The second kappa shape index (κ2) is 7.31. The number of nitrogens with two attached hydrogens (primary N) is 1. The van der Waals surface area contributed by atoms with Crippen molar-refractivity contribution in [3.63, 3.8) is 0 Å². The molecule has 1 aromatic rings. The van der Waals surface area contributed by atoms with Gasteiger partial charge in [-0.2, -0.15) is 0 Å². The van der Waals surface area contributed by atoms with Gasteiger partial charge in [-0.1, -0.05) is 0 Å². The molecule has 1 heterocycles. The van der Waals surface area contributed by atoms with Gasteiger partial charge in [0, 0.05) is 25.4 Å². The summed E-state index contributed by atoms with van der Waals surface area (Å²) < 4.78 is 10.8. The second-order valence-corrected chi connectivity index (χ2v) is 5.14. The van der Waals surface area contributed by atoms with Crippen molar-refractivity contribution in [3.8, 4) is 0 Å². The predicted octanol–water partition coefficient (Wildman–Crippen LogP) is 2.45. The molecule has 0 radical (unpaired) electrons. The summed E-state index contributed by atoms with van der Waals surface area (Å²) >= 11 is 0. The SMILES string of the molecule is CCOC(=O)c1cc(N)ccc1N1CCC(OCC)CC1. The van der Waals surface area contributed by atoms with Crippen LogP contribution in [0, 0.1) is 0 Å². The van der Waals surface area contributed by atoms with Crippen LogP contribution in [0.15, 0.2) is 18.2 Å². The number of carbonyl (C=O) groups excluding carboxylic acids is 1. The third-order valence-electron chi connectivity index (χ3n) is 3.70. The first-order valence-electron chi connectivity index (χ1n) is 7.58. The molecule has 5 nitrogen and oxygen atoms in total. The highest BCUT2D eigenvalue weighted by atomic mass is 16.5. The molecule has 21 heavy (non-hydrogen) atoms. The molecule has 0 amide bonds. The minimum Gasteiger partial charge on any atom is -0.462 e. The van der Waals surface area contributed by atoms with Gasteiger partial charge in [0.1, 0.15) is 0 Å². The van der Waals surface area contributed by atoms with Crippen LogP contribution >= 0.6 is 0 Å². The van der Waals surface area contributed by atoms with Gasteiger partial charge in [0.15, 0.2) is 0 Å². The van der Waals surface area contributed by atoms with E-state index in [1.807, 2.05) is 19.1 Å². The highest BCUT2D eigenvalue weighted by molar-refractivity contribution is 5.97. The van der Waals surface area contributed by atoms with Gasteiger partial charge in [0.25, 0.3) is 0 Å². The Morgan fingerprint density at radius 2 is 2.00 bits per heavy atom. The molecule has 0 aromatic heterocycles. The minimum absolute atomic E-state index is 0.313. The zero-order chi connectivity index (χ0) is 15.2. The maximum Gasteiger partial charge on any atom is 0.340 e. The van der Waals surface area contributed by atoms with Gasteiger partial charge in [-0.25, -0.2) is 4.79 Å². The normalized spacial score (nSPS) is 16.0. The number of nitrogens with zero attached hydrogens (tertiary/aromatic N) is 1. The number of hydrogen-bond acceptors (Lipinski definition) is 5. The molecular formula is C16H24N2O3. The standard InChI is InChI=1S/C16H24N2O3/c1-3-20-13-7-9-18(10-8-13)15-6-5-12(17)11-14(15)16(19)21-4-2/h5-6,11,13H,3-4,7-10,17H2,1-2H3. The summed E-state index contributed by atoms with van der Waals surface area (Å²) in [4.78, 5) is 14.3. The Kier molecular flexibility index (Phi) is 5.44. The first kappa shape index (κ1) is 15.6. The molecule has 1 fully saturated rings. The van der Waals surface area contributed by atoms with E-state index in [0.29, 0.717) is 24.0 Å². The van der Waals surface area contributed by atoms with Crippen molar-refractivity contribution >= 4 is 17.3 Å². The summed E-state index contributed by atoms with van der Waals surface area (Å²) in [7, 11) is 0. The smallest absolute Gasteiger partial charge is 0.340 e. The highest BCUT2D eigenvalue weighted by Gasteiger charge is 2.23. The van der Waals surface area contributed by atoms with Gasteiger partial charge in [-0.3, -0.25) is 0 Å². The second-order valence-electron chi connectivity index (χ2n) is 5.14. The number of carbonyl (C=O) groups is 1. The number of piperidine rings is 1. The summed E-state index contributed by atoms with van der Waals surface area (Å²) in [5.41, 5.74) is 7.83. The Balaban J connectivity index is 2.14. The molecule has 116 valence electrons. The van der Waals surface area contributed by atoms with E-state index in [2.05, 4.69) is 4.90 Å². The number of hydrogen-bond donors (Lipinski definition) is 1. The van der Waals surface area contributed by atoms with E-state index in [1.54, 1.807) is 13.0 Å². The third-order valence-corrected chi connectivity index (χ3v) is 3.70. The summed E-state index contributed by atoms with van der Waals surface area (Å²) in [6, 6.07) is 5.43. The van der Waals surface area contributed by atoms with Gasteiger partial charge in [-0.05, 0) is 44.9 Å². The summed E-state index contributed by atoms with van der Waals surface area (Å²) in [6.45, 7) is 6.69. The predicted molar refractivity (Wildman–Crippen MR) is 83.7 cm³/mol. The maximum atomic E-state index is 12.1. The van der Waals surface area contributed by atoms with E-state index < -0.39 is 0 Å². The van der Waals surface area contributed by atoms with Crippen molar-refractivity contribution in [2.24, 2.45) is 0 Å². The molecule has 1 aromatic carbocycles. The van der Waals surface area contributed by atoms with E-state index in [9.17, 15) is 4.79 Å². The van der Waals surface area contributed by atoms with E-state index in [4.69, 9.17) is 15.2 Å². The first-order valence-corrected chi connectivity index (χ1v) is 7.58. The lowest BCUT2D eigenvalue weighted by atomic mass is 10.0. The maximum absolute atomic E-state index is 12.1. The number of anilines is 2. The van der Waals surface area contributed by atoms with Gasteiger partial charge in [0.05, 0.1) is 24.0 Å². The fraction of sp³-hybridized carbons (Fsp3) is 0.562. The van der Waals surface area contributed by atoms with Crippen LogP contribution in [0.2, 0.25) is 0 Å². The monoisotopic (exact) mass is 292 g/mol. The number of benzene rings is 1. The van der Waals surface area contributed by atoms with Crippen LogP contribution in [0.4, 0.5) is 11.4 Å². The number of esters is 1. The van der Waals surface area contributed by atoms with Crippen molar-refractivity contribution in [1.29, 1.82) is 0 Å². The average Bonchev–Trinajstić information content (AvgIpc) is 2.49.